The van der Waals surface area contributed by atoms with Gasteiger partial charge in [0.25, 0.3) is 11.7 Å². The molecule has 7 nitrogen and oxygen atoms in total. The molecule has 1 N–H and O–H groups in total. The number of hydrogen-bond acceptors (Lipinski definition) is 6. The molecule has 4 rings (SSSR count). The highest BCUT2D eigenvalue weighted by Gasteiger charge is 2.47. The van der Waals surface area contributed by atoms with Gasteiger partial charge in [0.05, 0.1) is 36.0 Å². The first kappa shape index (κ1) is 24.7. The molecule has 1 aliphatic heterocycles. The van der Waals surface area contributed by atoms with Gasteiger partial charge in [-0.1, -0.05) is 30.3 Å². The van der Waals surface area contributed by atoms with Gasteiger partial charge < -0.3 is 14.6 Å². The molecule has 1 aliphatic rings. The molecule has 0 bridgehead atoms. The first-order valence-corrected chi connectivity index (χ1v) is 11.2. The first-order chi connectivity index (χ1) is 17.2. The van der Waals surface area contributed by atoms with Crippen LogP contribution < -0.4 is 9.64 Å². The number of benzene rings is 3. The largest absolute Gasteiger partial charge is 0.507 e. The average molecular weight is 489 g/mol. The number of ether oxygens (including phenoxy) is 2. The quantitative estimate of drug-likeness (QED) is 0.226. The van der Waals surface area contributed by atoms with E-state index in [2.05, 4.69) is 0 Å². The first-order valence-electron chi connectivity index (χ1n) is 11.2. The van der Waals surface area contributed by atoms with Crippen molar-refractivity contribution in [1.29, 1.82) is 0 Å². The van der Waals surface area contributed by atoms with Crippen molar-refractivity contribution in [2.24, 2.45) is 0 Å². The molecule has 0 aromatic heterocycles. The number of halogens is 1. The van der Waals surface area contributed by atoms with Crippen LogP contribution in [0.2, 0.25) is 0 Å². The van der Waals surface area contributed by atoms with E-state index in [-0.39, 0.29) is 28.6 Å². The number of aliphatic hydroxyl groups is 1. The van der Waals surface area contributed by atoms with Crippen LogP contribution >= 0.6 is 0 Å². The van der Waals surface area contributed by atoms with Crippen molar-refractivity contribution in [2.75, 3.05) is 12.0 Å². The van der Waals surface area contributed by atoms with Crippen molar-refractivity contribution < 1.29 is 33.4 Å². The fourth-order valence-electron chi connectivity index (χ4n) is 4.10. The van der Waals surface area contributed by atoms with Crippen molar-refractivity contribution in [3.8, 4) is 5.75 Å². The van der Waals surface area contributed by atoms with Gasteiger partial charge in [-0.2, -0.15) is 0 Å². The molecule has 3 aromatic carbocycles. The minimum absolute atomic E-state index is 0.0526. The van der Waals surface area contributed by atoms with Crippen LogP contribution in [0, 0.1) is 5.82 Å². The summed E-state index contributed by atoms with van der Waals surface area (Å²) in [7, 11) is 1.35. The SMILES string of the molecule is COc1ccc(F)cc1/C(O)=C1\C(=O)C(=O)N(c2ccc(C(=O)OC(C)C)cc2)C1c1ccccc1. The predicted molar refractivity (Wildman–Crippen MR) is 131 cm³/mol. The molecule has 0 spiro atoms. The molecule has 1 atom stereocenters. The number of amides is 1. The molecule has 0 radical (unpaired) electrons. The lowest BCUT2D eigenvalue weighted by Crippen LogP contribution is -2.29. The highest BCUT2D eigenvalue weighted by atomic mass is 19.1. The van der Waals surface area contributed by atoms with Crippen LogP contribution in [-0.2, 0) is 14.3 Å². The van der Waals surface area contributed by atoms with Crippen LogP contribution in [0.3, 0.4) is 0 Å². The molecule has 1 unspecified atom stereocenters. The minimum Gasteiger partial charge on any atom is -0.507 e. The summed E-state index contributed by atoms with van der Waals surface area (Å²) in [5.41, 5.74) is 0.903. The van der Waals surface area contributed by atoms with Gasteiger partial charge in [0.15, 0.2) is 0 Å². The number of hydrogen-bond donors (Lipinski definition) is 1. The predicted octanol–water partition coefficient (Wildman–Crippen LogP) is 5.03. The van der Waals surface area contributed by atoms with E-state index in [4.69, 9.17) is 9.47 Å². The lowest BCUT2D eigenvalue weighted by molar-refractivity contribution is -0.132. The van der Waals surface area contributed by atoms with E-state index < -0.39 is 35.3 Å². The van der Waals surface area contributed by atoms with Gasteiger partial charge >= 0.3 is 5.97 Å². The second-order valence-electron chi connectivity index (χ2n) is 8.43. The Balaban J connectivity index is 1.86. The van der Waals surface area contributed by atoms with Crippen molar-refractivity contribution in [3.05, 3.63) is 101 Å². The molecule has 0 aliphatic carbocycles. The second-order valence-corrected chi connectivity index (χ2v) is 8.43. The van der Waals surface area contributed by atoms with Crippen molar-refractivity contribution in [1.82, 2.24) is 0 Å². The van der Waals surface area contributed by atoms with Gasteiger partial charge in [0.2, 0.25) is 0 Å². The Hall–Kier alpha value is -4.46. The monoisotopic (exact) mass is 489 g/mol. The van der Waals surface area contributed by atoms with E-state index in [0.29, 0.717) is 11.3 Å². The third-order valence-electron chi connectivity index (χ3n) is 5.70. The zero-order valence-corrected chi connectivity index (χ0v) is 19.9. The van der Waals surface area contributed by atoms with Gasteiger partial charge in [-0.15, -0.1) is 0 Å². The van der Waals surface area contributed by atoms with E-state index in [1.807, 2.05) is 0 Å². The zero-order chi connectivity index (χ0) is 26.0. The molecular weight excluding hydrogens is 465 g/mol. The van der Waals surface area contributed by atoms with Gasteiger partial charge in [0, 0.05) is 5.69 Å². The number of ketones is 1. The number of methoxy groups -OCH3 is 1. The number of aliphatic hydroxyl groups excluding tert-OH is 1. The van der Waals surface area contributed by atoms with Gasteiger partial charge in [0.1, 0.15) is 17.3 Å². The summed E-state index contributed by atoms with van der Waals surface area (Å²) < 4.78 is 24.5. The zero-order valence-electron chi connectivity index (χ0n) is 19.9. The van der Waals surface area contributed by atoms with Crippen molar-refractivity contribution >= 4 is 29.1 Å². The smallest absolute Gasteiger partial charge is 0.338 e. The Kier molecular flexibility index (Phi) is 6.87. The lowest BCUT2D eigenvalue weighted by atomic mass is 9.94. The standard InChI is InChI=1S/C28H24FNO6/c1-16(2)36-28(34)18-9-12-20(13-10-18)30-24(17-7-5-4-6-8-17)23(26(32)27(30)33)25(31)21-15-19(29)11-14-22(21)35-3/h4-16,24,31H,1-3H3/b25-23+. The summed E-state index contributed by atoms with van der Waals surface area (Å²) >= 11 is 0. The number of rotatable bonds is 6. The Morgan fingerprint density at radius 2 is 1.67 bits per heavy atom. The number of nitrogens with zero attached hydrogens (tertiary/aromatic N) is 1. The summed E-state index contributed by atoms with van der Waals surface area (Å²) in [6.07, 6.45) is -0.298. The molecule has 1 amide bonds. The topological polar surface area (TPSA) is 93.1 Å². The Labute approximate surface area is 207 Å². The highest BCUT2D eigenvalue weighted by Crippen LogP contribution is 2.43. The van der Waals surface area contributed by atoms with Crippen LogP contribution in [0.4, 0.5) is 10.1 Å². The molecule has 36 heavy (non-hydrogen) atoms. The van der Waals surface area contributed by atoms with Gasteiger partial charge in [-0.05, 0) is 61.9 Å². The molecule has 0 saturated carbocycles. The maximum Gasteiger partial charge on any atom is 0.338 e. The molecule has 184 valence electrons. The molecular formula is C28H24FNO6. The normalized spacial score (nSPS) is 16.9. The molecule has 1 saturated heterocycles. The van der Waals surface area contributed by atoms with E-state index in [1.54, 1.807) is 44.2 Å². The Morgan fingerprint density at radius 1 is 1.00 bits per heavy atom. The number of carbonyl (C=O) groups is 3. The molecule has 1 heterocycles. The van der Waals surface area contributed by atoms with Crippen molar-refractivity contribution in [2.45, 2.75) is 26.0 Å². The van der Waals surface area contributed by atoms with Crippen LogP contribution in [0.25, 0.3) is 5.76 Å². The number of esters is 1. The summed E-state index contributed by atoms with van der Waals surface area (Å²) in [5, 5.41) is 11.2. The van der Waals surface area contributed by atoms with E-state index in [0.717, 1.165) is 12.1 Å². The third-order valence-corrected chi connectivity index (χ3v) is 5.70. The Bertz CT molecular complexity index is 1350. The van der Waals surface area contributed by atoms with Gasteiger partial charge in [-0.3, -0.25) is 14.5 Å². The minimum atomic E-state index is -1.01. The third kappa shape index (κ3) is 4.57. The molecule has 1 fully saturated rings. The lowest BCUT2D eigenvalue weighted by Gasteiger charge is -2.25. The van der Waals surface area contributed by atoms with E-state index in [9.17, 15) is 23.9 Å². The average Bonchev–Trinajstić information content (AvgIpc) is 3.14. The van der Waals surface area contributed by atoms with Crippen LogP contribution in [0.1, 0.15) is 41.4 Å². The van der Waals surface area contributed by atoms with Crippen LogP contribution in [0.5, 0.6) is 5.75 Å². The second kappa shape index (κ2) is 10.0. The number of carbonyl (C=O) groups excluding carboxylic acids is 3. The highest BCUT2D eigenvalue weighted by molar-refractivity contribution is 6.51. The Morgan fingerprint density at radius 3 is 2.28 bits per heavy atom. The number of anilines is 1. The number of Topliss-reactive ketones (excluding diaryl/α,β-unsaturated/α-hetero) is 1. The summed E-state index contributed by atoms with van der Waals surface area (Å²) in [4.78, 5) is 40.0. The van der Waals surface area contributed by atoms with Crippen LogP contribution in [0.15, 0.2) is 78.4 Å². The molecule has 3 aromatic rings. The van der Waals surface area contributed by atoms with Crippen LogP contribution in [-0.4, -0.2) is 36.0 Å². The molecule has 8 heteroatoms. The fourth-order valence-corrected chi connectivity index (χ4v) is 4.10. The maximum atomic E-state index is 14.1. The van der Waals surface area contributed by atoms with Gasteiger partial charge in [-0.25, -0.2) is 9.18 Å². The fraction of sp³-hybridized carbons (Fsp3) is 0.179. The summed E-state index contributed by atoms with van der Waals surface area (Å²) in [6.45, 7) is 3.47. The summed E-state index contributed by atoms with van der Waals surface area (Å²) in [6, 6.07) is 17.3. The maximum absolute atomic E-state index is 14.1. The van der Waals surface area contributed by atoms with E-state index >= 15 is 0 Å². The van der Waals surface area contributed by atoms with Crippen molar-refractivity contribution in [3.63, 3.8) is 0 Å². The summed E-state index contributed by atoms with van der Waals surface area (Å²) in [5.74, 6) is -3.39. The van der Waals surface area contributed by atoms with E-state index in [1.165, 1.54) is 42.3 Å².